The summed E-state index contributed by atoms with van der Waals surface area (Å²) in [6.45, 7) is 2.95. The number of anilines is 1. The van der Waals surface area contributed by atoms with E-state index in [0.29, 0.717) is 6.04 Å². The first-order chi connectivity index (χ1) is 9.33. The molecule has 1 aliphatic carbocycles. The van der Waals surface area contributed by atoms with Crippen LogP contribution in [0, 0.1) is 6.92 Å². The summed E-state index contributed by atoms with van der Waals surface area (Å²) in [5.74, 6) is 0.982. The van der Waals surface area contributed by atoms with Crippen molar-refractivity contribution in [3.05, 3.63) is 42.0 Å². The number of hydrogen-bond acceptors (Lipinski definition) is 3. The van der Waals surface area contributed by atoms with Crippen LogP contribution in [0.25, 0.3) is 0 Å². The molecular weight excluding hydrogens is 236 g/mol. The van der Waals surface area contributed by atoms with Gasteiger partial charge in [-0.15, -0.1) is 0 Å². The van der Waals surface area contributed by atoms with E-state index < -0.39 is 0 Å². The van der Waals surface area contributed by atoms with Crippen molar-refractivity contribution >= 4 is 5.95 Å². The van der Waals surface area contributed by atoms with Crippen LogP contribution in [-0.2, 0) is 6.54 Å². The molecule has 2 aromatic rings. The zero-order valence-corrected chi connectivity index (χ0v) is 11.3. The third-order valence-electron chi connectivity index (χ3n) is 3.89. The van der Waals surface area contributed by atoms with Crippen LogP contribution >= 0.6 is 0 Å². The molecule has 1 fully saturated rings. The lowest BCUT2D eigenvalue weighted by Crippen LogP contribution is -2.18. The first kappa shape index (κ1) is 12.2. The molecule has 1 saturated carbocycles. The third kappa shape index (κ3) is 2.78. The van der Waals surface area contributed by atoms with Crippen molar-refractivity contribution in [3.63, 3.8) is 0 Å². The van der Waals surface area contributed by atoms with Gasteiger partial charge < -0.3 is 9.88 Å². The van der Waals surface area contributed by atoms with Crippen LogP contribution in [0.5, 0.6) is 0 Å². The van der Waals surface area contributed by atoms with Crippen LogP contribution in [0.3, 0.4) is 0 Å². The monoisotopic (exact) mass is 256 g/mol. The fourth-order valence-corrected chi connectivity index (χ4v) is 2.68. The number of aromatic nitrogens is 3. The van der Waals surface area contributed by atoms with Crippen molar-refractivity contribution in [1.29, 1.82) is 0 Å². The van der Waals surface area contributed by atoms with Crippen molar-refractivity contribution in [2.75, 3.05) is 5.32 Å². The largest absolute Gasteiger partial charge is 0.353 e. The Morgan fingerprint density at radius 1 is 1.32 bits per heavy atom. The van der Waals surface area contributed by atoms with Crippen molar-refractivity contribution in [2.24, 2.45) is 0 Å². The number of rotatable bonds is 4. The summed E-state index contributed by atoms with van der Waals surface area (Å²) in [6.07, 6.45) is 12.9. The molecular formula is C15H20N4. The Kier molecular flexibility index (Phi) is 3.49. The molecule has 0 saturated heterocycles. The highest BCUT2D eigenvalue weighted by Crippen LogP contribution is 2.22. The van der Waals surface area contributed by atoms with E-state index in [1.807, 2.05) is 24.8 Å². The minimum Gasteiger partial charge on any atom is -0.353 e. The Bertz CT molecular complexity index is 541. The Morgan fingerprint density at radius 3 is 2.95 bits per heavy atom. The standard InChI is InChI=1S/C15H20N4/c1-12-6-7-16-10-13(12)11-19-9-8-17-15(19)18-14-4-2-3-5-14/h6-10,14H,2-5,11H2,1H3,(H,17,18). The minimum absolute atomic E-state index is 0.594. The molecule has 0 bridgehead atoms. The quantitative estimate of drug-likeness (QED) is 0.914. The second kappa shape index (κ2) is 5.43. The van der Waals surface area contributed by atoms with Crippen LogP contribution in [0.2, 0.25) is 0 Å². The maximum Gasteiger partial charge on any atom is 0.203 e. The van der Waals surface area contributed by atoms with Gasteiger partial charge in [0.15, 0.2) is 0 Å². The molecule has 4 heteroatoms. The number of imidazole rings is 1. The molecule has 3 rings (SSSR count). The van der Waals surface area contributed by atoms with Gasteiger partial charge in [0.25, 0.3) is 0 Å². The van der Waals surface area contributed by atoms with Gasteiger partial charge in [-0.05, 0) is 37.0 Å². The summed E-state index contributed by atoms with van der Waals surface area (Å²) in [7, 11) is 0. The second-order valence-electron chi connectivity index (χ2n) is 5.31. The molecule has 1 N–H and O–H groups in total. The van der Waals surface area contributed by atoms with Crippen LogP contribution in [0.4, 0.5) is 5.95 Å². The van der Waals surface area contributed by atoms with Gasteiger partial charge in [-0.1, -0.05) is 12.8 Å². The molecule has 0 radical (unpaired) electrons. The van der Waals surface area contributed by atoms with Gasteiger partial charge in [0.1, 0.15) is 0 Å². The fraction of sp³-hybridized carbons (Fsp3) is 0.467. The maximum atomic E-state index is 4.44. The predicted molar refractivity (Wildman–Crippen MR) is 76.2 cm³/mol. The van der Waals surface area contributed by atoms with Gasteiger partial charge in [-0.3, -0.25) is 4.98 Å². The first-order valence-corrected chi connectivity index (χ1v) is 7.00. The van der Waals surface area contributed by atoms with Gasteiger partial charge in [-0.2, -0.15) is 0 Å². The molecule has 0 atom stereocenters. The van der Waals surface area contributed by atoms with Crippen molar-refractivity contribution in [2.45, 2.75) is 45.2 Å². The molecule has 2 aromatic heterocycles. The fourth-order valence-electron chi connectivity index (χ4n) is 2.68. The summed E-state index contributed by atoms with van der Waals surface area (Å²) in [5, 5.41) is 3.56. The minimum atomic E-state index is 0.594. The topological polar surface area (TPSA) is 42.7 Å². The number of nitrogens with zero attached hydrogens (tertiary/aromatic N) is 3. The molecule has 0 unspecified atom stereocenters. The summed E-state index contributed by atoms with van der Waals surface area (Å²) in [6, 6.07) is 2.65. The van der Waals surface area contributed by atoms with E-state index in [1.165, 1.54) is 36.8 Å². The molecule has 0 aliphatic heterocycles. The molecule has 100 valence electrons. The van der Waals surface area contributed by atoms with Crippen molar-refractivity contribution < 1.29 is 0 Å². The number of aryl methyl sites for hydroxylation is 1. The highest BCUT2D eigenvalue weighted by Gasteiger charge is 2.16. The average molecular weight is 256 g/mol. The lowest BCUT2D eigenvalue weighted by molar-refractivity contribution is 0.714. The van der Waals surface area contributed by atoms with E-state index in [2.05, 4.69) is 32.8 Å². The lowest BCUT2D eigenvalue weighted by Gasteiger charge is -2.15. The van der Waals surface area contributed by atoms with Gasteiger partial charge in [-0.25, -0.2) is 4.98 Å². The van der Waals surface area contributed by atoms with Gasteiger partial charge >= 0.3 is 0 Å². The predicted octanol–water partition coefficient (Wildman–Crippen LogP) is 2.99. The molecule has 2 heterocycles. The third-order valence-corrected chi connectivity index (χ3v) is 3.89. The van der Waals surface area contributed by atoms with Crippen LogP contribution in [0.15, 0.2) is 30.9 Å². The normalized spacial score (nSPS) is 15.8. The molecule has 4 nitrogen and oxygen atoms in total. The number of nitrogens with one attached hydrogen (secondary N) is 1. The van der Waals surface area contributed by atoms with Gasteiger partial charge in [0.2, 0.25) is 5.95 Å². The first-order valence-electron chi connectivity index (χ1n) is 7.00. The van der Waals surface area contributed by atoms with E-state index in [4.69, 9.17) is 0 Å². The van der Waals surface area contributed by atoms with E-state index in [1.54, 1.807) is 0 Å². The molecule has 0 aromatic carbocycles. The van der Waals surface area contributed by atoms with E-state index in [-0.39, 0.29) is 0 Å². The van der Waals surface area contributed by atoms with Crippen molar-refractivity contribution in [3.8, 4) is 0 Å². The molecule has 0 spiro atoms. The Balaban J connectivity index is 1.74. The van der Waals surface area contributed by atoms with Crippen LogP contribution in [-0.4, -0.2) is 20.6 Å². The summed E-state index contributed by atoms with van der Waals surface area (Å²) in [4.78, 5) is 8.64. The molecule has 0 amide bonds. The van der Waals surface area contributed by atoms with E-state index in [9.17, 15) is 0 Å². The zero-order valence-electron chi connectivity index (χ0n) is 11.3. The number of pyridine rings is 1. The SMILES string of the molecule is Cc1ccncc1Cn1ccnc1NC1CCCC1. The lowest BCUT2D eigenvalue weighted by atomic mass is 10.1. The maximum absolute atomic E-state index is 4.44. The molecule has 19 heavy (non-hydrogen) atoms. The van der Waals surface area contributed by atoms with E-state index >= 15 is 0 Å². The van der Waals surface area contributed by atoms with Crippen molar-refractivity contribution in [1.82, 2.24) is 14.5 Å². The second-order valence-corrected chi connectivity index (χ2v) is 5.31. The summed E-state index contributed by atoms with van der Waals surface area (Å²) < 4.78 is 2.17. The average Bonchev–Trinajstić information content (AvgIpc) is 3.06. The van der Waals surface area contributed by atoms with Crippen LogP contribution < -0.4 is 5.32 Å². The zero-order chi connectivity index (χ0) is 13.1. The Labute approximate surface area is 113 Å². The van der Waals surface area contributed by atoms with Gasteiger partial charge in [0, 0.05) is 30.8 Å². The number of hydrogen-bond donors (Lipinski definition) is 1. The Morgan fingerprint density at radius 2 is 2.16 bits per heavy atom. The summed E-state index contributed by atoms with van der Waals surface area (Å²) in [5.41, 5.74) is 2.52. The Hall–Kier alpha value is -1.84. The summed E-state index contributed by atoms with van der Waals surface area (Å²) >= 11 is 0. The highest BCUT2D eigenvalue weighted by molar-refractivity contribution is 5.31. The van der Waals surface area contributed by atoms with E-state index in [0.717, 1.165) is 12.5 Å². The van der Waals surface area contributed by atoms with Crippen LogP contribution in [0.1, 0.15) is 36.8 Å². The smallest absolute Gasteiger partial charge is 0.203 e. The highest BCUT2D eigenvalue weighted by atomic mass is 15.2. The molecule has 1 aliphatic rings. The van der Waals surface area contributed by atoms with Gasteiger partial charge in [0.05, 0.1) is 6.54 Å².